The second-order valence-electron chi connectivity index (χ2n) is 3.67. The Kier molecular flexibility index (Phi) is 1.83. The molecule has 0 fully saturated rings. The summed E-state index contributed by atoms with van der Waals surface area (Å²) < 4.78 is 2.87. The van der Waals surface area contributed by atoms with Crippen molar-refractivity contribution >= 4 is 21.6 Å². The van der Waals surface area contributed by atoms with Gasteiger partial charge in [-0.3, -0.25) is 0 Å². The van der Waals surface area contributed by atoms with Crippen LogP contribution in [-0.4, -0.2) is 14.6 Å². The van der Waals surface area contributed by atoms with Crippen molar-refractivity contribution in [2.45, 2.75) is 25.7 Å². The highest BCUT2D eigenvalue weighted by atomic mass is 79.9. The number of rotatable bonds is 0. The maximum Gasteiger partial charge on any atom is 0.158 e. The van der Waals surface area contributed by atoms with Gasteiger partial charge < -0.3 is 0 Å². The Bertz CT molecular complexity index is 489. The van der Waals surface area contributed by atoms with Gasteiger partial charge in [0, 0.05) is 18.0 Å². The number of halogens is 1. The molecule has 3 nitrogen and oxygen atoms in total. The summed E-state index contributed by atoms with van der Waals surface area (Å²) in [6.45, 7) is 0. The fraction of sp³-hybridized carbons (Fsp3) is 0.400. The molecule has 3 rings (SSSR count). The second kappa shape index (κ2) is 3.05. The van der Waals surface area contributed by atoms with Gasteiger partial charge in [0.25, 0.3) is 0 Å². The molecule has 0 bridgehead atoms. The van der Waals surface area contributed by atoms with Gasteiger partial charge in [-0.15, -0.1) is 0 Å². The zero-order valence-corrected chi connectivity index (χ0v) is 9.29. The Morgan fingerprint density at radius 1 is 1.29 bits per heavy atom. The van der Waals surface area contributed by atoms with Crippen molar-refractivity contribution < 1.29 is 0 Å². The molecule has 2 heterocycles. The van der Waals surface area contributed by atoms with Crippen LogP contribution in [0.25, 0.3) is 5.65 Å². The fourth-order valence-corrected chi connectivity index (χ4v) is 2.35. The maximum absolute atomic E-state index is 4.54. The van der Waals surface area contributed by atoms with E-state index in [2.05, 4.69) is 26.0 Å². The average Bonchev–Trinajstić information content (AvgIpc) is 2.54. The zero-order valence-electron chi connectivity index (χ0n) is 7.70. The van der Waals surface area contributed by atoms with Crippen LogP contribution in [0.3, 0.4) is 0 Å². The van der Waals surface area contributed by atoms with Gasteiger partial charge in [-0.25, -0.2) is 9.50 Å². The summed E-state index contributed by atoms with van der Waals surface area (Å²) >= 11 is 3.40. The number of aromatic nitrogens is 3. The number of aryl methyl sites for hydroxylation is 2. The predicted molar refractivity (Wildman–Crippen MR) is 57.3 cm³/mol. The van der Waals surface area contributed by atoms with Gasteiger partial charge in [0.1, 0.15) is 0 Å². The van der Waals surface area contributed by atoms with E-state index in [1.807, 2.05) is 16.9 Å². The van der Waals surface area contributed by atoms with Crippen molar-refractivity contribution in [3.8, 4) is 0 Å². The summed E-state index contributed by atoms with van der Waals surface area (Å²) in [5.74, 6) is 0. The van der Waals surface area contributed by atoms with Crippen molar-refractivity contribution in [3.63, 3.8) is 0 Å². The molecule has 0 amide bonds. The molecule has 0 saturated heterocycles. The third-order valence-corrected chi connectivity index (χ3v) is 3.12. The Morgan fingerprint density at radius 3 is 3.07 bits per heavy atom. The number of fused-ring (bicyclic) bond motifs is 3. The number of hydrogen-bond donors (Lipinski definition) is 0. The second-order valence-corrected chi connectivity index (χ2v) is 4.59. The quantitative estimate of drug-likeness (QED) is 0.720. The van der Waals surface area contributed by atoms with E-state index < -0.39 is 0 Å². The number of nitrogens with zero attached hydrogens (tertiary/aromatic N) is 3. The lowest BCUT2D eigenvalue weighted by molar-refractivity contribution is 0.673. The van der Waals surface area contributed by atoms with Crippen molar-refractivity contribution in [1.82, 2.24) is 14.6 Å². The van der Waals surface area contributed by atoms with E-state index in [1.165, 1.54) is 24.1 Å². The summed E-state index contributed by atoms with van der Waals surface area (Å²) in [6.07, 6.45) is 8.58. The molecular weight excluding hydrogens is 242 g/mol. The average molecular weight is 252 g/mol. The van der Waals surface area contributed by atoms with Gasteiger partial charge in [0.2, 0.25) is 0 Å². The smallest absolute Gasteiger partial charge is 0.158 e. The Balaban J connectivity index is 2.31. The van der Waals surface area contributed by atoms with Crippen molar-refractivity contribution in [1.29, 1.82) is 0 Å². The SMILES string of the molecule is Brc1cnc2c3c(nn2c1)CCCC3. The topological polar surface area (TPSA) is 30.2 Å². The first kappa shape index (κ1) is 8.41. The van der Waals surface area contributed by atoms with Crippen LogP contribution in [0.2, 0.25) is 0 Å². The Labute approximate surface area is 90.3 Å². The summed E-state index contributed by atoms with van der Waals surface area (Å²) in [5.41, 5.74) is 3.62. The van der Waals surface area contributed by atoms with Crippen molar-refractivity contribution in [2.24, 2.45) is 0 Å². The first-order valence-corrected chi connectivity index (χ1v) is 5.65. The van der Waals surface area contributed by atoms with Gasteiger partial charge in [-0.2, -0.15) is 5.10 Å². The van der Waals surface area contributed by atoms with E-state index in [9.17, 15) is 0 Å². The molecule has 0 spiro atoms. The minimum atomic E-state index is 0.977. The summed E-state index contributed by atoms with van der Waals surface area (Å²) in [6, 6.07) is 0. The van der Waals surface area contributed by atoms with Crippen molar-refractivity contribution in [3.05, 3.63) is 28.1 Å². The van der Waals surface area contributed by atoms with Gasteiger partial charge in [0.15, 0.2) is 5.65 Å². The van der Waals surface area contributed by atoms with Crippen LogP contribution in [0.1, 0.15) is 24.1 Å². The predicted octanol–water partition coefficient (Wildman–Crippen LogP) is 2.37. The van der Waals surface area contributed by atoms with E-state index in [-0.39, 0.29) is 0 Å². The molecule has 0 atom stereocenters. The molecule has 14 heavy (non-hydrogen) atoms. The third-order valence-electron chi connectivity index (χ3n) is 2.71. The molecule has 0 N–H and O–H groups in total. The van der Waals surface area contributed by atoms with Gasteiger partial charge in [-0.1, -0.05) is 0 Å². The van der Waals surface area contributed by atoms with Crippen LogP contribution >= 0.6 is 15.9 Å². The van der Waals surface area contributed by atoms with Crippen LogP contribution in [0.15, 0.2) is 16.9 Å². The number of hydrogen-bond acceptors (Lipinski definition) is 2. The Hall–Kier alpha value is -0.900. The van der Waals surface area contributed by atoms with E-state index in [0.29, 0.717) is 0 Å². The molecular formula is C10H10BrN3. The molecule has 72 valence electrons. The summed E-state index contributed by atoms with van der Waals surface area (Å²) in [4.78, 5) is 4.41. The van der Waals surface area contributed by atoms with Crippen LogP contribution in [0, 0.1) is 0 Å². The molecule has 0 saturated carbocycles. The lowest BCUT2D eigenvalue weighted by atomic mass is 9.98. The highest BCUT2D eigenvalue weighted by Crippen LogP contribution is 2.24. The van der Waals surface area contributed by atoms with Gasteiger partial charge >= 0.3 is 0 Å². The van der Waals surface area contributed by atoms with Crippen LogP contribution in [-0.2, 0) is 12.8 Å². The van der Waals surface area contributed by atoms with E-state index >= 15 is 0 Å². The van der Waals surface area contributed by atoms with Gasteiger partial charge in [-0.05, 0) is 41.6 Å². The summed E-state index contributed by atoms with van der Waals surface area (Å²) in [5, 5.41) is 4.54. The minimum Gasteiger partial charge on any atom is -0.236 e. The molecule has 0 unspecified atom stereocenters. The molecule has 2 aromatic rings. The summed E-state index contributed by atoms with van der Waals surface area (Å²) in [7, 11) is 0. The first-order chi connectivity index (χ1) is 6.84. The first-order valence-electron chi connectivity index (χ1n) is 4.86. The molecule has 1 aliphatic carbocycles. The van der Waals surface area contributed by atoms with E-state index in [1.54, 1.807) is 0 Å². The maximum atomic E-state index is 4.54. The molecule has 2 aromatic heterocycles. The third kappa shape index (κ3) is 1.17. The van der Waals surface area contributed by atoms with Crippen LogP contribution in [0.4, 0.5) is 0 Å². The monoisotopic (exact) mass is 251 g/mol. The molecule has 1 aliphatic rings. The van der Waals surface area contributed by atoms with Gasteiger partial charge in [0.05, 0.1) is 10.2 Å². The Morgan fingerprint density at radius 2 is 2.14 bits per heavy atom. The van der Waals surface area contributed by atoms with E-state index in [0.717, 1.165) is 23.0 Å². The molecule has 4 heteroatoms. The fourth-order valence-electron chi connectivity index (χ4n) is 2.06. The highest BCUT2D eigenvalue weighted by Gasteiger charge is 2.16. The normalized spacial score (nSPS) is 15.8. The molecule has 0 aromatic carbocycles. The largest absolute Gasteiger partial charge is 0.236 e. The molecule has 0 aliphatic heterocycles. The van der Waals surface area contributed by atoms with Crippen LogP contribution < -0.4 is 0 Å². The van der Waals surface area contributed by atoms with Crippen LogP contribution in [0.5, 0.6) is 0 Å². The zero-order chi connectivity index (χ0) is 9.54. The lowest BCUT2D eigenvalue weighted by Gasteiger charge is -2.07. The standard InChI is InChI=1S/C10H10BrN3/c11-7-5-12-10-8-3-1-2-4-9(8)13-14(10)6-7/h5-6H,1-4H2. The minimum absolute atomic E-state index is 0.977. The van der Waals surface area contributed by atoms with Crippen molar-refractivity contribution in [2.75, 3.05) is 0 Å². The molecule has 0 radical (unpaired) electrons. The van der Waals surface area contributed by atoms with E-state index in [4.69, 9.17) is 0 Å². The lowest BCUT2D eigenvalue weighted by Crippen LogP contribution is -2.00. The highest BCUT2D eigenvalue weighted by molar-refractivity contribution is 9.10.